The van der Waals surface area contributed by atoms with Crippen molar-refractivity contribution in [1.29, 1.82) is 0 Å². The fraction of sp³-hybridized carbons (Fsp3) is 0.0769. The molecule has 0 aliphatic rings. The largest absolute Gasteiger partial charge is 0.0991 e. The monoisotopic (exact) mass is 338 g/mol. The maximum Gasteiger partial charge on any atom is 0.0701 e. The van der Waals surface area contributed by atoms with E-state index in [-0.39, 0.29) is 0 Å². The highest BCUT2D eigenvalue weighted by Gasteiger charge is 2.39. The lowest BCUT2D eigenvalue weighted by atomic mass is 9.63. The summed E-state index contributed by atoms with van der Waals surface area (Å²) in [5.41, 5.74) is 5.04. The van der Waals surface area contributed by atoms with Crippen molar-refractivity contribution in [3.8, 4) is 0 Å². The molecule has 0 aliphatic carbocycles. The Morgan fingerprint density at radius 2 is 1.27 bits per heavy atom. The van der Waals surface area contributed by atoms with Gasteiger partial charge in [0.05, 0.1) is 5.41 Å². The maximum atomic E-state index is 4.09. The molecule has 0 heteroatoms. The highest BCUT2D eigenvalue weighted by Crippen LogP contribution is 2.46. The van der Waals surface area contributed by atoms with E-state index in [2.05, 4.69) is 81.8 Å². The summed E-state index contributed by atoms with van der Waals surface area (Å²) in [5, 5.41) is 0. The Kier molecular flexibility index (Phi) is 6.52. The highest BCUT2D eigenvalue weighted by molar-refractivity contribution is 5.63. The van der Waals surface area contributed by atoms with Gasteiger partial charge in [0.15, 0.2) is 0 Å². The van der Waals surface area contributed by atoms with Gasteiger partial charge in [-0.3, -0.25) is 0 Å². The first-order chi connectivity index (χ1) is 12.6. The zero-order chi connectivity index (χ0) is 19.0. The van der Waals surface area contributed by atoms with E-state index in [1.54, 1.807) is 12.2 Å². The maximum absolute atomic E-state index is 4.09. The van der Waals surface area contributed by atoms with Crippen molar-refractivity contribution in [2.45, 2.75) is 12.3 Å². The van der Waals surface area contributed by atoms with Gasteiger partial charge in [0.1, 0.15) is 0 Å². The van der Waals surface area contributed by atoms with Crippen molar-refractivity contribution in [2.24, 2.45) is 0 Å². The highest BCUT2D eigenvalue weighted by atomic mass is 14.4. The Balaban J connectivity index is 3.06. The predicted molar refractivity (Wildman–Crippen MR) is 115 cm³/mol. The van der Waals surface area contributed by atoms with E-state index < -0.39 is 5.41 Å². The molecule has 2 rings (SSSR count). The minimum Gasteiger partial charge on any atom is -0.0991 e. The SMILES string of the molecule is C=C/C=C(\C=C)C(/C(C=C)=C/C=C)(c1ccccc1)c1cccc(C)c1. The Labute approximate surface area is 157 Å². The van der Waals surface area contributed by atoms with Crippen molar-refractivity contribution < 1.29 is 0 Å². The summed E-state index contributed by atoms with van der Waals surface area (Å²) in [6.45, 7) is 18.1. The van der Waals surface area contributed by atoms with Crippen LogP contribution in [0.5, 0.6) is 0 Å². The molecular weight excluding hydrogens is 312 g/mol. The van der Waals surface area contributed by atoms with E-state index >= 15 is 0 Å². The van der Waals surface area contributed by atoms with E-state index in [0.29, 0.717) is 0 Å². The van der Waals surface area contributed by atoms with Crippen molar-refractivity contribution in [1.82, 2.24) is 0 Å². The van der Waals surface area contributed by atoms with E-state index in [1.807, 2.05) is 30.4 Å². The fourth-order valence-electron chi connectivity index (χ4n) is 3.51. The second-order valence-electron chi connectivity index (χ2n) is 6.11. The van der Waals surface area contributed by atoms with Gasteiger partial charge >= 0.3 is 0 Å². The van der Waals surface area contributed by atoms with Gasteiger partial charge in [0, 0.05) is 0 Å². The Morgan fingerprint density at radius 1 is 0.731 bits per heavy atom. The van der Waals surface area contributed by atoms with Crippen LogP contribution in [0, 0.1) is 6.92 Å². The van der Waals surface area contributed by atoms with Gasteiger partial charge in [-0.2, -0.15) is 0 Å². The molecule has 130 valence electrons. The van der Waals surface area contributed by atoms with Gasteiger partial charge in [0.25, 0.3) is 0 Å². The molecular formula is C26H26. The van der Waals surface area contributed by atoms with Gasteiger partial charge in [0.2, 0.25) is 0 Å². The topological polar surface area (TPSA) is 0 Å². The lowest BCUT2D eigenvalue weighted by Gasteiger charge is -2.38. The fourth-order valence-corrected chi connectivity index (χ4v) is 3.51. The molecule has 26 heavy (non-hydrogen) atoms. The molecule has 0 aliphatic heterocycles. The van der Waals surface area contributed by atoms with Crippen LogP contribution >= 0.6 is 0 Å². The van der Waals surface area contributed by atoms with Crippen LogP contribution in [0.25, 0.3) is 0 Å². The quantitative estimate of drug-likeness (QED) is 0.460. The minimum absolute atomic E-state index is 0.543. The molecule has 0 saturated carbocycles. The molecule has 2 aromatic carbocycles. The molecule has 0 saturated heterocycles. The summed E-state index contributed by atoms with van der Waals surface area (Å²) in [4.78, 5) is 0. The van der Waals surface area contributed by atoms with Gasteiger partial charge in [-0.15, -0.1) is 0 Å². The van der Waals surface area contributed by atoms with Crippen LogP contribution in [0.2, 0.25) is 0 Å². The van der Waals surface area contributed by atoms with E-state index in [4.69, 9.17) is 0 Å². The van der Waals surface area contributed by atoms with Gasteiger partial charge in [-0.1, -0.05) is 123 Å². The van der Waals surface area contributed by atoms with Crippen molar-refractivity contribution in [2.75, 3.05) is 0 Å². The number of hydrogen-bond acceptors (Lipinski definition) is 0. The lowest BCUT2D eigenvalue weighted by Crippen LogP contribution is -2.32. The van der Waals surface area contributed by atoms with Crippen molar-refractivity contribution in [3.05, 3.63) is 145 Å². The van der Waals surface area contributed by atoms with E-state index in [0.717, 1.165) is 22.3 Å². The van der Waals surface area contributed by atoms with Crippen LogP contribution in [0.1, 0.15) is 16.7 Å². The second-order valence-corrected chi connectivity index (χ2v) is 6.11. The van der Waals surface area contributed by atoms with Gasteiger partial charge < -0.3 is 0 Å². The molecule has 0 nitrogen and oxygen atoms in total. The summed E-state index contributed by atoms with van der Waals surface area (Å²) in [6, 6.07) is 19.0. The Bertz CT molecular complexity index is 830. The van der Waals surface area contributed by atoms with Crippen LogP contribution < -0.4 is 0 Å². The van der Waals surface area contributed by atoms with Crippen LogP contribution in [-0.4, -0.2) is 0 Å². The summed E-state index contributed by atoms with van der Waals surface area (Å²) in [7, 11) is 0. The van der Waals surface area contributed by atoms with Crippen LogP contribution in [-0.2, 0) is 5.41 Å². The van der Waals surface area contributed by atoms with E-state index in [9.17, 15) is 0 Å². The molecule has 0 bridgehead atoms. The zero-order valence-electron chi connectivity index (χ0n) is 15.5. The minimum atomic E-state index is -0.543. The lowest BCUT2D eigenvalue weighted by molar-refractivity contribution is 0.742. The smallest absolute Gasteiger partial charge is 0.0701 e. The molecule has 0 unspecified atom stereocenters. The summed E-state index contributed by atoms with van der Waals surface area (Å²) < 4.78 is 0. The summed E-state index contributed by atoms with van der Waals surface area (Å²) in [5.74, 6) is 0. The zero-order valence-corrected chi connectivity index (χ0v) is 15.5. The number of rotatable bonds is 8. The first-order valence-corrected chi connectivity index (χ1v) is 8.69. The number of benzene rings is 2. The van der Waals surface area contributed by atoms with Crippen LogP contribution in [0.3, 0.4) is 0 Å². The molecule has 0 fully saturated rings. The van der Waals surface area contributed by atoms with Crippen molar-refractivity contribution >= 4 is 0 Å². The Hall–Kier alpha value is -3.12. The normalized spacial score (nSPS) is 14.2. The average molecular weight is 338 g/mol. The van der Waals surface area contributed by atoms with Crippen LogP contribution in [0.4, 0.5) is 0 Å². The molecule has 0 heterocycles. The third-order valence-electron chi connectivity index (χ3n) is 4.56. The molecule has 0 radical (unpaired) electrons. The van der Waals surface area contributed by atoms with E-state index in [1.165, 1.54) is 5.56 Å². The first kappa shape index (κ1) is 19.2. The number of aryl methyl sites for hydroxylation is 1. The van der Waals surface area contributed by atoms with Crippen LogP contribution in [0.15, 0.2) is 129 Å². The summed E-state index contributed by atoms with van der Waals surface area (Å²) >= 11 is 0. The second kappa shape index (κ2) is 8.82. The summed E-state index contributed by atoms with van der Waals surface area (Å²) in [6.07, 6.45) is 11.4. The molecule has 0 spiro atoms. The molecule has 0 amide bonds. The Morgan fingerprint density at radius 3 is 1.73 bits per heavy atom. The molecule has 0 atom stereocenters. The number of hydrogen-bond donors (Lipinski definition) is 0. The number of allylic oxidation sites excluding steroid dienone is 8. The van der Waals surface area contributed by atoms with Gasteiger partial charge in [-0.05, 0) is 29.2 Å². The average Bonchev–Trinajstić information content (AvgIpc) is 2.67. The third kappa shape index (κ3) is 3.45. The standard InChI is InChI=1S/C26H26/c1-6-14-22(8-3)26(23(9-4)15-7-2,24-17-11-10-12-18-24)25-19-13-16-21(5)20-25/h6-20H,1-4H2,5H3/b22-14+,23-15+. The third-order valence-corrected chi connectivity index (χ3v) is 4.56. The first-order valence-electron chi connectivity index (χ1n) is 8.69. The molecule has 0 aromatic heterocycles. The molecule has 0 N–H and O–H groups in total. The predicted octanol–water partition coefficient (Wildman–Crippen LogP) is 6.88. The molecule has 2 aromatic rings. The van der Waals surface area contributed by atoms with Crippen molar-refractivity contribution in [3.63, 3.8) is 0 Å². The van der Waals surface area contributed by atoms with Gasteiger partial charge in [-0.25, -0.2) is 0 Å².